The zero-order valence-electron chi connectivity index (χ0n) is 17.2. The smallest absolute Gasteiger partial charge is 0.344 e. The van der Waals surface area contributed by atoms with Crippen molar-refractivity contribution in [3.8, 4) is 0 Å². The van der Waals surface area contributed by atoms with Crippen molar-refractivity contribution in [3.63, 3.8) is 0 Å². The number of methoxy groups -OCH3 is 1. The Morgan fingerprint density at radius 2 is 1.97 bits per heavy atom. The second-order valence-electron chi connectivity index (χ2n) is 7.46. The highest BCUT2D eigenvalue weighted by molar-refractivity contribution is 6.18. The number of pyridine rings is 1. The number of esters is 1. The van der Waals surface area contributed by atoms with Crippen molar-refractivity contribution in [2.24, 2.45) is 0 Å². The minimum Gasteiger partial charge on any atom is -0.465 e. The minimum atomic E-state index is -0.376. The third-order valence-corrected chi connectivity index (χ3v) is 5.54. The summed E-state index contributed by atoms with van der Waals surface area (Å²) in [6, 6.07) is 7.93. The number of para-hydroxylation sites is 1. The number of carbonyl (C=O) groups excluding carboxylic acids is 1. The zero-order chi connectivity index (χ0) is 20.2. The van der Waals surface area contributed by atoms with E-state index in [1.807, 2.05) is 24.3 Å². The van der Waals surface area contributed by atoms with Crippen molar-refractivity contribution in [2.45, 2.75) is 39.0 Å². The molecule has 0 bridgehead atoms. The summed E-state index contributed by atoms with van der Waals surface area (Å²) in [5.74, 6) is 0.196. The fourth-order valence-corrected chi connectivity index (χ4v) is 4.03. The average Bonchev–Trinajstić information content (AvgIpc) is 3.18. The van der Waals surface area contributed by atoms with Crippen LogP contribution in [0.15, 0.2) is 28.7 Å². The van der Waals surface area contributed by atoms with E-state index in [0.29, 0.717) is 43.3 Å². The maximum absolute atomic E-state index is 12.8. The topological polar surface area (TPSA) is 64.8 Å². The Balaban J connectivity index is 1.91. The summed E-state index contributed by atoms with van der Waals surface area (Å²) in [7, 11) is 1.42. The number of carbonyl (C=O) groups is 1. The molecule has 0 atom stereocenters. The number of rotatable bonds is 7. The minimum absolute atomic E-state index is 0.376. The van der Waals surface area contributed by atoms with E-state index < -0.39 is 0 Å². The number of furan rings is 1. The van der Waals surface area contributed by atoms with Gasteiger partial charge < -0.3 is 18.8 Å². The molecule has 0 unspecified atom stereocenters. The lowest BCUT2D eigenvalue weighted by atomic mass is 10.0. The molecule has 4 rings (SSSR count). The van der Waals surface area contributed by atoms with Gasteiger partial charge in [0.2, 0.25) is 5.88 Å². The molecule has 6 nitrogen and oxygen atoms in total. The maximum Gasteiger partial charge on any atom is 0.344 e. The third kappa shape index (κ3) is 3.81. The molecule has 6 heteroatoms. The fraction of sp³-hybridized carbons (Fsp3) is 0.478. The van der Waals surface area contributed by atoms with E-state index in [2.05, 4.69) is 11.8 Å². The Kier molecular flexibility index (Phi) is 6.00. The Morgan fingerprint density at radius 3 is 2.72 bits per heavy atom. The lowest BCUT2D eigenvalue weighted by Crippen LogP contribution is -2.36. The molecule has 0 radical (unpaired) electrons. The molecule has 3 heterocycles. The molecule has 29 heavy (non-hydrogen) atoms. The normalized spacial score (nSPS) is 14.6. The predicted molar refractivity (Wildman–Crippen MR) is 114 cm³/mol. The summed E-state index contributed by atoms with van der Waals surface area (Å²) >= 11 is 0. The molecule has 1 aliphatic rings. The van der Waals surface area contributed by atoms with Crippen molar-refractivity contribution in [1.82, 2.24) is 4.98 Å². The van der Waals surface area contributed by atoms with Crippen LogP contribution in [0.4, 0.5) is 5.88 Å². The van der Waals surface area contributed by atoms with E-state index in [0.717, 1.165) is 41.2 Å². The number of hydrogen-bond acceptors (Lipinski definition) is 6. The van der Waals surface area contributed by atoms with Crippen LogP contribution in [0.25, 0.3) is 21.9 Å². The highest BCUT2D eigenvalue weighted by Crippen LogP contribution is 2.39. The van der Waals surface area contributed by atoms with E-state index in [-0.39, 0.29) is 5.97 Å². The summed E-state index contributed by atoms with van der Waals surface area (Å²) in [4.78, 5) is 19.8. The van der Waals surface area contributed by atoms with Gasteiger partial charge in [0.15, 0.2) is 5.58 Å². The number of anilines is 1. The van der Waals surface area contributed by atoms with Crippen LogP contribution in [-0.2, 0) is 15.9 Å². The highest BCUT2D eigenvalue weighted by Gasteiger charge is 2.30. The molecule has 0 saturated carbocycles. The molecule has 154 valence electrons. The zero-order valence-corrected chi connectivity index (χ0v) is 17.2. The third-order valence-electron chi connectivity index (χ3n) is 5.54. The van der Waals surface area contributed by atoms with Gasteiger partial charge in [0.05, 0.1) is 31.5 Å². The van der Waals surface area contributed by atoms with Gasteiger partial charge in [-0.3, -0.25) is 0 Å². The molecule has 1 saturated heterocycles. The summed E-state index contributed by atoms with van der Waals surface area (Å²) in [6.07, 6.45) is 5.44. The van der Waals surface area contributed by atoms with Gasteiger partial charge in [0.1, 0.15) is 5.56 Å². The fourth-order valence-electron chi connectivity index (χ4n) is 4.03. The largest absolute Gasteiger partial charge is 0.465 e. The number of unbranched alkanes of at least 4 members (excludes halogenated alkanes) is 3. The number of aromatic nitrogens is 1. The van der Waals surface area contributed by atoms with Crippen LogP contribution >= 0.6 is 0 Å². The van der Waals surface area contributed by atoms with Crippen LogP contribution < -0.4 is 4.90 Å². The second-order valence-corrected chi connectivity index (χ2v) is 7.46. The molecular formula is C23H28N2O4. The van der Waals surface area contributed by atoms with Gasteiger partial charge in [-0.15, -0.1) is 0 Å². The van der Waals surface area contributed by atoms with E-state index in [1.165, 1.54) is 20.0 Å². The standard InChI is InChI=1S/C23H28N2O4/c1-3-4-5-6-11-18-21-19(16-9-7-8-10-17(16)24-18)20(23(26)27-2)22(29-21)25-12-14-28-15-13-25/h7-10H,3-6,11-15H2,1-2H3. The molecule has 0 aliphatic carbocycles. The molecule has 0 amide bonds. The molecular weight excluding hydrogens is 368 g/mol. The van der Waals surface area contributed by atoms with Crippen molar-refractivity contribution in [2.75, 3.05) is 38.3 Å². The molecule has 1 fully saturated rings. The van der Waals surface area contributed by atoms with Crippen molar-refractivity contribution >= 4 is 33.7 Å². The maximum atomic E-state index is 12.8. The summed E-state index contributed by atoms with van der Waals surface area (Å²) in [6.45, 7) is 4.79. The quantitative estimate of drug-likeness (QED) is 0.425. The Hall–Kier alpha value is -2.60. The van der Waals surface area contributed by atoms with Crippen LogP contribution in [0.2, 0.25) is 0 Å². The lowest BCUT2D eigenvalue weighted by molar-refractivity contribution is 0.0601. The number of ether oxygens (including phenoxy) is 2. The van der Waals surface area contributed by atoms with E-state index in [9.17, 15) is 4.79 Å². The first-order chi connectivity index (χ1) is 14.2. The van der Waals surface area contributed by atoms with Crippen LogP contribution in [0.5, 0.6) is 0 Å². The number of hydrogen-bond donors (Lipinski definition) is 0. The predicted octanol–water partition coefficient (Wildman–Crippen LogP) is 4.73. The van der Waals surface area contributed by atoms with Crippen LogP contribution in [0.1, 0.15) is 48.7 Å². The summed E-state index contributed by atoms with van der Waals surface area (Å²) in [5, 5.41) is 1.73. The summed E-state index contributed by atoms with van der Waals surface area (Å²) in [5.41, 5.74) is 3.00. The Morgan fingerprint density at radius 1 is 1.17 bits per heavy atom. The second kappa shape index (κ2) is 8.82. The first-order valence-electron chi connectivity index (χ1n) is 10.5. The van der Waals surface area contributed by atoms with Gasteiger partial charge >= 0.3 is 5.97 Å². The van der Waals surface area contributed by atoms with E-state index in [4.69, 9.17) is 18.9 Å². The van der Waals surface area contributed by atoms with Crippen LogP contribution in [0.3, 0.4) is 0 Å². The first-order valence-corrected chi connectivity index (χ1v) is 10.5. The van der Waals surface area contributed by atoms with Gasteiger partial charge in [0.25, 0.3) is 0 Å². The number of morpholine rings is 1. The van der Waals surface area contributed by atoms with Gasteiger partial charge in [-0.1, -0.05) is 44.4 Å². The number of benzene rings is 1. The number of fused-ring (bicyclic) bond motifs is 3. The lowest BCUT2D eigenvalue weighted by Gasteiger charge is -2.26. The molecule has 3 aromatic rings. The first kappa shape index (κ1) is 19.7. The van der Waals surface area contributed by atoms with E-state index >= 15 is 0 Å². The molecule has 1 aromatic carbocycles. The SMILES string of the molecule is CCCCCCc1nc2ccccc2c2c(C(=O)OC)c(N3CCOCC3)oc12. The van der Waals surface area contributed by atoms with Crippen molar-refractivity contribution in [3.05, 3.63) is 35.5 Å². The van der Waals surface area contributed by atoms with Gasteiger partial charge in [-0.25, -0.2) is 9.78 Å². The van der Waals surface area contributed by atoms with Crippen LogP contribution in [0, 0.1) is 0 Å². The molecule has 1 aliphatic heterocycles. The van der Waals surface area contributed by atoms with E-state index in [1.54, 1.807) is 0 Å². The molecule has 0 N–H and O–H groups in total. The summed E-state index contributed by atoms with van der Waals surface area (Å²) < 4.78 is 17.0. The highest BCUT2D eigenvalue weighted by atomic mass is 16.5. The Labute approximate surface area is 170 Å². The Bertz CT molecular complexity index is 1000. The van der Waals surface area contributed by atoms with Crippen LogP contribution in [-0.4, -0.2) is 44.4 Å². The number of aryl methyl sites for hydroxylation is 1. The van der Waals surface area contributed by atoms with Crippen molar-refractivity contribution in [1.29, 1.82) is 0 Å². The molecule has 0 spiro atoms. The molecule has 2 aromatic heterocycles. The average molecular weight is 396 g/mol. The van der Waals surface area contributed by atoms with Gasteiger partial charge in [-0.05, 0) is 18.9 Å². The van der Waals surface area contributed by atoms with Gasteiger partial charge in [-0.2, -0.15) is 0 Å². The number of nitrogens with zero attached hydrogens (tertiary/aromatic N) is 2. The van der Waals surface area contributed by atoms with Gasteiger partial charge in [0, 0.05) is 23.9 Å². The van der Waals surface area contributed by atoms with Crippen molar-refractivity contribution < 1.29 is 18.7 Å². The monoisotopic (exact) mass is 396 g/mol.